The summed E-state index contributed by atoms with van der Waals surface area (Å²) in [4.78, 5) is 27.3. The molecule has 180 valence electrons. The van der Waals surface area contributed by atoms with Crippen molar-refractivity contribution in [1.29, 1.82) is 0 Å². The van der Waals surface area contributed by atoms with Gasteiger partial charge in [0.15, 0.2) is 0 Å². The molecule has 1 aromatic carbocycles. The van der Waals surface area contributed by atoms with Gasteiger partial charge in [0, 0.05) is 37.0 Å². The van der Waals surface area contributed by atoms with E-state index in [9.17, 15) is 18.0 Å². The fourth-order valence-corrected chi connectivity index (χ4v) is 4.38. The standard InChI is InChI=1S/C24H27F3N6O/c1-12(17-6-5-7-18(21(17)25)23(26)27)29-24-19-10-20(28-13(2)22(19)30-14(3)31-24)33-9-8-16(11-33)32-15(4)34/h5-7,10,12,16,23H,8-9,11H2,1-4H3,(H,32,34)(H,29,30,31)/t12?,16-/m1/s1. The van der Waals surface area contributed by atoms with Crippen LogP contribution >= 0.6 is 0 Å². The molecule has 0 spiro atoms. The van der Waals surface area contributed by atoms with Gasteiger partial charge in [-0.1, -0.05) is 18.2 Å². The average molecular weight is 473 g/mol. The van der Waals surface area contributed by atoms with Crippen molar-refractivity contribution in [3.8, 4) is 0 Å². The molecule has 34 heavy (non-hydrogen) atoms. The Labute approximate surface area is 195 Å². The van der Waals surface area contributed by atoms with Crippen LogP contribution in [0.15, 0.2) is 24.3 Å². The molecule has 1 fully saturated rings. The minimum absolute atomic E-state index is 0.0484. The molecule has 1 aliphatic rings. The molecule has 1 unspecified atom stereocenters. The fraction of sp³-hybridized carbons (Fsp3) is 0.417. The largest absolute Gasteiger partial charge is 0.363 e. The van der Waals surface area contributed by atoms with Gasteiger partial charge < -0.3 is 15.5 Å². The van der Waals surface area contributed by atoms with Crippen LogP contribution in [-0.4, -0.2) is 40.0 Å². The van der Waals surface area contributed by atoms with E-state index < -0.39 is 23.8 Å². The second kappa shape index (κ2) is 9.44. The maximum atomic E-state index is 14.7. The molecule has 7 nitrogen and oxygen atoms in total. The summed E-state index contributed by atoms with van der Waals surface area (Å²) in [5.41, 5.74) is 0.874. The number of pyridine rings is 1. The van der Waals surface area contributed by atoms with E-state index in [1.165, 1.54) is 19.1 Å². The van der Waals surface area contributed by atoms with E-state index >= 15 is 0 Å². The second-order valence-electron chi connectivity index (χ2n) is 8.63. The van der Waals surface area contributed by atoms with E-state index in [4.69, 9.17) is 4.98 Å². The van der Waals surface area contributed by atoms with Crippen molar-refractivity contribution in [2.45, 2.75) is 52.6 Å². The van der Waals surface area contributed by atoms with E-state index in [2.05, 4.69) is 25.5 Å². The number of nitrogens with one attached hydrogen (secondary N) is 2. The van der Waals surface area contributed by atoms with Gasteiger partial charge >= 0.3 is 0 Å². The monoisotopic (exact) mass is 472 g/mol. The molecule has 1 amide bonds. The summed E-state index contributed by atoms with van der Waals surface area (Å²) in [7, 11) is 0. The Hall–Kier alpha value is -3.43. The SMILES string of the molecule is CC(=O)N[C@@H]1CCN(c2cc3c(NC(C)c4cccc(C(F)F)c4F)nc(C)nc3c(C)n2)C1. The van der Waals surface area contributed by atoms with Crippen LogP contribution in [-0.2, 0) is 4.79 Å². The second-order valence-corrected chi connectivity index (χ2v) is 8.63. The first-order chi connectivity index (χ1) is 16.1. The van der Waals surface area contributed by atoms with Crippen LogP contribution in [0.2, 0.25) is 0 Å². The highest BCUT2D eigenvalue weighted by Crippen LogP contribution is 2.32. The summed E-state index contributed by atoms with van der Waals surface area (Å²) >= 11 is 0. The van der Waals surface area contributed by atoms with Gasteiger partial charge in [0.05, 0.1) is 22.8 Å². The highest BCUT2D eigenvalue weighted by molar-refractivity contribution is 5.92. The number of hydrogen-bond donors (Lipinski definition) is 2. The molecule has 1 saturated heterocycles. The Balaban J connectivity index is 1.69. The first-order valence-electron chi connectivity index (χ1n) is 11.1. The third-order valence-electron chi connectivity index (χ3n) is 5.99. The van der Waals surface area contributed by atoms with E-state index in [0.717, 1.165) is 24.8 Å². The van der Waals surface area contributed by atoms with Gasteiger partial charge in [-0.3, -0.25) is 4.79 Å². The molecule has 4 rings (SSSR count). The predicted molar refractivity (Wildman–Crippen MR) is 125 cm³/mol. The van der Waals surface area contributed by atoms with Crippen LogP contribution in [0.25, 0.3) is 10.9 Å². The number of carbonyl (C=O) groups is 1. The topological polar surface area (TPSA) is 83.0 Å². The normalized spacial score (nSPS) is 16.8. The lowest BCUT2D eigenvalue weighted by Gasteiger charge is -2.21. The molecule has 10 heteroatoms. The van der Waals surface area contributed by atoms with Gasteiger partial charge in [-0.15, -0.1) is 0 Å². The smallest absolute Gasteiger partial charge is 0.266 e. The van der Waals surface area contributed by atoms with Gasteiger partial charge in [0.2, 0.25) is 5.91 Å². The van der Waals surface area contributed by atoms with Gasteiger partial charge in [-0.25, -0.2) is 28.1 Å². The van der Waals surface area contributed by atoms with Crippen LogP contribution in [0.5, 0.6) is 0 Å². The zero-order valence-corrected chi connectivity index (χ0v) is 19.5. The van der Waals surface area contributed by atoms with Crippen molar-refractivity contribution < 1.29 is 18.0 Å². The summed E-state index contributed by atoms with van der Waals surface area (Å²) in [6.45, 7) is 8.18. The van der Waals surface area contributed by atoms with Crippen molar-refractivity contribution in [2.24, 2.45) is 0 Å². The molecular weight excluding hydrogens is 445 g/mol. The summed E-state index contributed by atoms with van der Waals surface area (Å²) in [6.07, 6.45) is -2.09. The van der Waals surface area contributed by atoms with Crippen molar-refractivity contribution in [2.75, 3.05) is 23.3 Å². The van der Waals surface area contributed by atoms with Crippen LogP contribution in [0.4, 0.5) is 24.8 Å². The lowest BCUT2D eigenvalue weighted by atomic mass is 10.0. The van der Waals surface area contributed by atoms with Crippen LogP contribution in [0, 0.1) is 19.7 Å². The predicted octanol–water partition coefficient (Wildman–Crippen LogP) is 4.61. The number of halogens is 3. The third kappa shape index (κ3) is 4.76. The number of hydrogen-bond acceptors (Lipinski definition) is 6. The van der Waals surface area contributed by atoms with E-state index in [1.807, 2.05) is 13.0 Å². The number of carbonyl (C=O) groups excluding carboxylic acids is 1. The first-order valence-corrected chi connectivity index (χ1v) is 11.1. The van der Waals surface area contributed by atoms with Gasteiger partial charge in [0.25, 0.3) is 6.43 Å². The van der Waals surface area contributed by atoms with Crippen molar-refractivity contribution in [1.82, 2.24) is 20.3 Å². The van der Waals surface area contributed by atoms with Gasteiger partial charge in [-0.05, 0) is 33.3 Å². The minimum Gasteiger partial charge on any atom is -0.363 e. The quantitative estimate of drug-likeness (QED) is 0.545. The Kier molecular flexibility index (Phi) is 6.58. The maximum Gasteiger partial charge on any atom is 0.266 e. The van der Waals surface area contributed by atoms with Crippen molar-refractivity contribution >= 4 is 28.4 Å². The number of aromatic nitrogens is 3. The molecule has 2 aromatic heterocycles. The summed E-state index contributed by atoms with van der Waals surface area (Å²) < 4.78 is 41.1. The fourth-order valence-electron chi connectivity index (χ4n) is 4.38. The maximum absolute atomic E-state index is 14.7. The average Bonchev–Trinajstić information content (AvgIpc) is 3.22. The number of rotatable bonds is 6. The highest BCUT2D eigenvalue weighted by Gasteiger charge is 2.26. The lowest BCUT2D eigenvalue weighted by molar-refractivity contribution is -0.119. The Morgan fingerprint density at radius 1 is 1.18 bits per heavy atom. The molecule has 0 saturated carbocycles. The molecule has 2 N–H and O–H groups in total. The summed E-state index contributed by atoms with van der Waals surface area (Å²) in [5, 5.41) is 6.83. The molecule has 0 aliphatic carbocycles. The Bertz CT molecular complexity index is 1240. The molecule has 3 aromatic rings. The van der Waals surface area contributed by atoms with E-state index in [-0.39, 0.29) is 17.5 Å². The van der Waals surface area contributed by atoms with E-state index in [0.29, 0.717) is 34.8 Å². The number of aryl methyl sites for hydroxylation is 2. The van der Waals surface area contributed by atoms with E-state index in [1.54, 1.807) is 13.8 Å². The summed E-state index contributed by atoms with van der Waals surface area (Å²) in [5.74, 6) is 0.718. The zero-order chi connectivity index (χ0) is 24.6. The Morgan fingerprint density at radius 2 is 1.91 bits per heavy atom. The van der Waals surface area contributed by atoms with Crippen molar-refractivity contribution in [3.63, 3.8) is 0 Å². The molecule has 1 aliphatic heterocycles. The third-order valence-corrected chi connectivity index (χ3v) is 5.99. The Morgan fingerprint density at radius 3 is 2.62 bits per heavy atom. The minimum atomic E-state index is -2.90. The molecule has 2 atom stereocenters. The number of amides is 1. The van der Waals surface area contributed by atoms with Gasteiger partial charge in [-0.2, -0.15) is 0 Å². The van der Waals surface area contributed by atoms with Crippen LogP contribution in [0.3, 0.4) is 0 Å². The number of nitrogens with zero attached hydrogens (tertiary/aromatic N) is 4. The first kappa shape index (κ1) is 23.7. The lowest BCUT2D eigenvalue weighted by Crippen LogP contribution is -2.35. The van der Waals surface area contributed by atoms with Gasteiger partial charge in [0.1, 0.15) is 23.3 Å². The van der Waals surface area contributed by atoms with Crippen LogP contribution in [0.1, 0.15) is 55.4 Å². The molecule has 3 heterocycles. The molecule has 0 bridgehead atoms. The molecule has 0 radical (unpaired) electrons. The van der Waals surface area contributed by atoms with Crippen molar-refractivity contribution in [3.05, 3.63) is 52.7 Å². The van der Waals surface area contributed by atoms with Crippen LogP contribution < -0.4 is 15.5 Å². The summed E-state index contributed by atoms with van der Waals surface area (Å²) in [6, 6.07) is 5.30. The number of alkyl halides is 2. The highest BCUT2D eigenvalue weighted by atomic mass is 19.3. The number of anilines is 2. The number of benzene rings is 1. The zero-order valence-electron chi connectivity index (χ0n) is 19.5. The molecular formula is C24H27F3N6O. The number of fused-ring (bicyclic) bond motifs is 1.